The third-order valence-electron chi connectivity index (χ3n) is 4.69. The number of anilines is 1. The van der Waals surface area contributed by atoms with E-state index in [0.717, 1.165) is 37.1 Å². The third-order valence-corrected chi connectivity index (χ3v) is 5.69. The maximum atomic E-state index is 12.4. The summed E-state index contributed by atoms with van der Waals surface area (Å²) in [4.78, 5) is 26.2. The summed E-state index contributed by atoms with van der Waals surface area (Å²) in [6.45, 7) is 7.64. The Labute approximate surface area is 148 Å². The molecule has 2 amide bonds. The van der Waals surface area contributed by atoms with Crippen molar-refractivity contribution in [2.24, 2.45) is 5.92 Å². The van der Waals surface area contributed by atoms with E-state index < -0.39 is 0 Å². The molecule has 0 bridgehead atoms. The number of hydrogen-bond acceptors (Lipinski definition) is 5. The van der Waals surface area contributed by atoms with Gasteiger partial charge in [-0.3, -0.25) is 9.59 Å². The second-order valence-corrected chi connectivity index (χ2v) is 7.36. The molecule has 24 heavy (non-hydrogen) atoms. The van der Waals surface area contributed by atoms with Crippen molar-refractivity contribution >= 4 is 28.3 Å². The summed E-state index contributed by atoms with van der Waals surface area (Å²) in [6, 6.07) is 0. The van der Waals surface area contributed by atoms with Crippen molar-refractivity contribution in [3.63, 3.8) is 0 Å². The molecule has 0 spiro atoms. The number of rotatable bonds is 7. The minimum Gasteiger partial charge on any atom is -0.343 e. The van der Waals surface area contributed by atoms with Crippen molar-refractivity contribution in [1.82, 2.24) is 15.1 Å². The van der Waals surface area contributed by atoms with E-state index >= 15 is 0 Å². The van der Waals surface area contributed by atoms with Gasteiger partial charge in [0.25, 0.3) is 0 Å². The first-order chi connectivity index (χ1) is 11.6. The molecule has 2 heterocycles. The van der Waals surface area contributed by atoms with Crippen molar-refractivity contribution in [3.05, 3.63) is 5.01 Å². The quantitative estimate of drug-likeness (QED) is 0.816. The van der Waals surface area contributed by atoms with Gasteiger partial charge in [0.1, 0.15) is 5.01 Å². The summed E-state index contributed by atoms with van der Waals surface area (Å²) in [7, 11) is 0. The number of piperidine rings is 1. The molecule has 1 N–H and O–H groups in total. The lowest BCUT2D eigenvalue weighted by Crippen LogP contribution is -2.41. The Morgan fingerprint density at radius 1 is 1.21 bits per heavy atom. The second-order valence-electron chi connectivity index (χ2n) is 6.35. The van der Waals surface area contributed by atoms with Crippen molar-refractivity contribution in [2.75, 3.05) is 18.4 Å². The molecule has 134 valence electrons. The average Bonchev–Trinajstić information content (AvgIpc) is 3.04. The van der Waals surface area contributed by atoms with Crippen LogP contribution in [0.2, 0.25) is 0 Å². The highest BCUT2D eigenvalue weighted by molar-refractivity contribution is 7.15. The fourth-order valence-electron chi connectivity index (χ4n) is 3.06. The number of carbonyl (C=O) groups is 2. The molecule has 1 aromatic heterocycles. The fourth-order valence-corrected chi connectivity index (χ4v) is 4.07. The Morgan fingerprint density at radius 2 is 1.88 bits per heavy atom. The van der Waals surface area contributed by atoms with Gasteiger partial charge in [-0.1, -0.05) is 32.1 Å². The highest BCUT2D eigenvalue weighted by Gasteiger charge is 2.27. The van der Waals surface area contributed by atoms with E-state index in [1.54, 1.807) is 0 Å². The van der Waals surface area contributed by atoms with Gasteiger partial charge in [0, 0.05) is 31.3 Å². The van der Waals surface area contributed by atoms with Gasteiger partial charge in [0.2, 0.25) is 16.9 Å². The number of carbonyl (C=O) groups excluding carboxylic acids is 2. The molecule has 2 rings (SSSR count). The Kier molecular flexibility index (Phi) is 7.15. The number of nitrogens with zero attached hydrogens (tertiary/aromatic N) is 3. The molecule has 0 saturated carbocycles. The van der Waals surface area contributed by atoms with Gasteiger partial charge >= 0.3 is 0 Å². The van der Waals surface area contributed by atoms with E-state index in [2.05, 4.69) is 29.4 Å². The van der Waals surface area contributed by atoms with Crippen LogP contribution >= 0.6 is 11.3 Å². The van der Waals surface area contributed by atoms with E-state index in [-0.39, 0.29) is 17.7 Å². The van der Waals surface area contributed by atoms with E-state index in [1.165, 1.54) is 11.3 Å². The standard InChI is InChI=1S/C17H28N4O2S/c1-4-7-14(22)21-10-8-13(9-11-21)15(23)18-17-20-19-16(24-17)12(5-2)6-3/h12-13H,4-11H2,1-3H3,(H,18,20,23). The minimum absolute atomic E-state index is 0.00448. The molecule has 0 aromatic carbocycles. The molecule has 1 saturated heterocycles. The van der Waals surface area contributed by atoms with Crippen LogP contribution in [0.25, 0.3) is 0 Å². The first-order valence-corrected chi connectivity index (χ1v) is 9.82. The monoisotopic (exact) mass is 352 g/mol. The van der Waals surface area contributed by atoms with Gasteiger partial charge in [0.15, 0.2) is 0 Å². The van der Waals surface area contributed by atoms with Gasteiger partial charge in [-0.15, -0.1) is 10.2 Å². The summed E-state index contributed by atoms with van der Waals surface area (Å²) in [5.41, 5.74) is 0. The number of amides is 2. The molecular formula is C17H28N4O2S. The summed E-state index contributed by atoms with van der Waals surface area (Å²) in [5, 5.41) is 12.8. The smallest absolute Gasteiger partial charge is 0.229 e. The maximum absolute atomic E-state index is 12.4. The largest absolute Gasteiger partial charge is 0.343 e. The first kappa shape index (κ1) is 18.8. The Balaban J connectivity index is 1.84. The van der Waals surface area contributed by atoms with Crippen molar-refractivity contribution in [1.29, 1.82) is 0 Å². The van der Waals surface area contributed by atoms with Gasteiger partial charge in [-0.05, 0) is 32.1 Å². The molecule has 0 radical (unpaired) electrons. The Morgan fingerprint density at radius 3 is 2.46 bits per heavy atom. The lowest BCUT2D eigenvalue weighted by atomic mass is 9.96. The van der Waals surface area contributed by atoms with E-state index in [9.17, 15) is 9.59 Å². The molecule has 0 unspecified atom stereocenters. The number of nitrogens with one attached hydrogen (secondary N) is 1. The maximum Gasteiger partial charge on any atom is 0.229 e. The lowest BCUT2D eigenvalue weighted by molar-refractivity contribution is -0.134. The number of aromatic nitrogens is 2. The van der Waals surface area contributed by atoms with E-state index in [4.69, 9.17) is 0 Å². The van der Waals surface area contributed by atoms with E-state index in [1.807, 2.05) is 11.8 Å². The lowest BCUT2D eigenvalue weighted by Gasteiger charge is -2.31. The van der Waals surface area contributed by atoms with Crippen molar-refractivity contribution < 1.29 is 9.59 Å². The van der Waals surface area contributed by atoms with Crippen LogP contribution in [0.4, 0.5) is 5.13 Å². The Bertz CT molecular complexity index is 549. The van der Waals surface area contributed by atoms with Gasteiger partial charge in [-0.2, -0.15) is 0 Å². The summed E-state index contributed by atoms with van der Waals surface area (Å²) < 4.78 is 0. The average molecular weight is 353 g/mol. The molecule has 1 aromatic rings. The van der Waals surface area contributed by atoms with Gasteiger partial charge in [-0.25, -0.2) is 0 Å². The minimum atomic E-state index is -0.0452. The van der Waals surface area contributed by atoms with Crippen LogP contribution in [0.5, 0.6) is 0 Å². The van der Waals surface area contributed by atoms with Crippen molar-refractivity contribution in [3.8, 4) is 0 Å². The van der Waals surface area contributed by atoms with Crippen LogP contribution in [0.3, 0.4) is 0 Å². The molecule has 1 aliphatic heterocycles. The van der Waals surface area contributed by atoms with Gasteiger partial charge < -0.3 is 10.2 Å². The first-order valence-electron chi connectivity index (χ1n) is 9.00. The van der Waals surface area contributed by atoms with Crippen molar-refractivity contribution in [2.45, 2.75) is 65.2 Å². The summed E-state index contributed by atoms with van der Waals surface area (Å²) in [5.74, 6) is 0.581. The van der Waals surface area contributed by atoms with Crippen LogP contribution in [-0.4, -0.2) is 40.0 Å². The van der Waals surface area contributed by atoms with E-state index in [0.29, 0.717) is 30.6 Å². The molecule has 0 aliphatic carbocycles. The fraction of sp³-hybridized carbons (Fsp3) is 0.765. The number of likely N-dealkylation sites (tertiary alicyclic amines) is 1. The zero-order valence-corrected chi connectivity index (χ0v) is 15.7. The molecular weight excluding hydrogens is 324 g/mol. The predicted molar refractivity (Wildman–Crippen MR) is 96.1 cm³/mol. The van der Waals surface area contributed by atoms with Crippen LogP contribution < -0.4 is 5.32 Å². The van der Waals surface area contributed by atoms with Crippen LogP contribution in [0.1, 0.15) is 70.2 Å². The highest BCUT2D eigenvalue weighted by Crippen LogP contribution is 2.29. The predicted octanol–water partition coefficient (Wildman–Crippen LogP) is 3.42. The summed E-state index contributed by atoms with van der Waals surface area (Å²) >= 11 is 1.48. The normalized spacial score (nSPS) is 15.8. The zero-order chi connectivity index (χ0) is 17.5. The zero-order valence-electron chi connectivity index (χ0n) is 14.9. The summed E-state index contributed by atoms with van der Waals surface area (Å²) in [6.07, 6.45) is 4.97. The molecule has 0 atom stereocenters. The van der Waals surface area contributed by atoms with Crippen LogP contribution in [0, 0.1) is 5.92 Å². The SMILES string of the molecule is CCCC(=O)N1CCC(C(=O)Nc2nnc(C(CC)CC)s2)CC1. The second kappa shape index (κ2) is 9.11. The molecule has 6 nitrogen and oxygen atoms in total. The van der Waals surface area contributed by atoms with Crippen LogP contribution in [-0.2, 0) is 9.59 Å². The Hall–Kier alpha value is -1.50. The topological polar surface area (TPSA) is 75.2 Å². The highest BCUT2D eigenvalue weighted by atomic mass is 32.1. The molecule has 7 heteroatoms. The number of hydrogen-bond donors (Lipinski definition) is 1. The van der Waals surface area contributed by atoms with Crippen LogP contribution in [0.15, 0.2) is 0 Å². The van der Waals surface area contributed by atoms with Gasteiger partial charge in [0.05, 0.1) is 0 Å². The third kappa shape index (κ3) is 4.75. The molecule has 1 aliphatic rings. The molecule has 1 fully saturated rings.